The summed E-state index contributed by atoms with van der Waals surface area (Å²) in [7, 11) is 0. The molecule has 2 aromatic heterocycles. The SMILES string of the molecule is FC(F)(F)Oc1ccc(-c2nc(SCc3ccncc3)n[nH]2)cc1. The largest absolute Gasteiger partial charge is 0.573 e. The highest BCUT2D eigenvalue weighted by Gasteiger charge is 2.31. The molecule has 1 aromatic carbocycles. The van der Waals surface area contributed by atoms with Crippen molar-refractivity contribution in [1.82, 2.24) is 20.2 Å². The molecule has 0 bridgehead atoms. The zero-order valence-electron chi connectivity index (χ0n) is 12.1. The second-order valence-electron chi connectivity index (χ2n) is 4.68. The van der Waals surface area contributed by atoms with Crippen molar-refractivity contribution in [2.45, 2.75) is 17.3 Å². The van der Waals surface area contributed by atoms with E-state index in [1.807, 2.05) is 12.1 Å². The van der Waals surface area contributed by atoms with Gasteiger partial charge >= 0.3 is 6.36 Å². The second kappa shape index (κ2) is 6.91. The van der Waals surface area contributed by atoms with Crippen molar-refractivity contribution in [3.63, 3.8) is 0 Å². The number of hydrogen-bond acceptors (Lipinski definition) is 5. The Balaban J connectivity index is 1.64. The summed E-state index contributed by atoms with van der Waals surface area (Å²) in [5.41, 5.74) is 1.71. The van der Waals surface area contributed by atoms with Crippen LogP contribution < -0.4 is 4.74 Å². The van der Waals surface area contributed by atoms with Gasteiger partial charge in [0.1, 0.15) is 5.75 Å². The third-order valence-corrected chi connectivity index (χ3v) is 3.86. The van der Waals surface area contributed by atoms with Crippen molar-refractivity contribution in [3.8, 4) is 17.1 Å². The first-order chi connectivity index (χ1) is 11.5. The number of nitrogens with one attached hydrogen (secondary N) is 1. The topological polar surface area (TPSA) is 63.7 Å². The lowest BCUT2D eigenvalue weighted by Crippen LogP contribution is -2.16. The fourth-order valence-corrected chi connectivity index (χ4v) is 2.64. The lowest BCUT2D eigenvalue weighted by Gasteiger charge is -2.08. The Bertz CT molecular complexity index is 790. The van der Waals surface area contributed by atoms with E-state index in [4.69, 9.17) is 0 Å². The van der Waals surface area contributed by atoms with E-state index in [0.29, 0.717) is 22.3 Å². The first kappa shape index (κ1) is 16.3. The van der Waals surface area contributed by atoms with Crippen molar-refractivity contribution >= 4 is 11.8 Å². The summed E-state index contributed by atoms with van der Waals surface area (Å²) in [6.45, 7) is 0. The van der Waals surface area contributed by atoms with Gasteiger partial charge in [-0.25, -0.2) is 4.98 Å². The van der Waals surface area contributed by atoms with Crippen LogP contribution in [0.25, 0.3) is 11.4 Å². The number of thioether (sulfide) groups is 1. The molecule has 0 saturated carbocycles. The molecule has 0 radical (unpaired) electrons. The van der Waals surface area contributed by atoms with Crippen LogP contribution in [0.4, 0.5) is 13.2 Å². The quantitative estimate of drug-likeness (QED) is 0.702. The second-order valence-corrected chi connectivity index (χ2v) is 5.63. The van der Waals surface area contributed by atoms with Gasteiger partial charge in [-0.15, -0.1) is 18.3 Å². The zero-order chi connectivity index (χ0) is 17.0. The summed E-state index contributed by atoms with van der Waals surface area (Å²) in [5, 5.41) is 7.41. The number of hydrogen-bond donors (Lipinski definition) is 1. The van der Waals surface area contributed by atoms with Crippen molar-refractivity contribution in [2.24, 2.45) is 0 Å². The molecule has 9 heteroatoms. The Hall–Kier alpha value is -2.55. The van der Waals surface area contributed by atoms with Gasteiger partial charge in [0.05, 0.1) is 0 Å². The fraction of sp³-hybridized carbons (Fsp3) is 0.133. The lowest BCUT2D eigenvalue weighted by molar-refractivity contribution is -0.274. The molecule has 0 saturated heterocycles. The van der Waals surface area contributed by atoms with E-state index in [1.165, 1.54) is 36.0 Å². The number of aromatic nitrogens is 4. The minimum atomic E-state index is -4.70. The Morgan fingerprint density at radius 3 is 2.42 bits per heavy atom. The van der Waals surface area contributed by atoms with Gasteiger partial charge in [0.2, 0.25) is 5.16 Å². The van der Waals surface area contributed by atoms with Gasteiger partial charge in [-0.2, -0.15) is 0 Å². The molecule has 0 spiro atoms. The smallest absolute Gasteiger partial charge is 0.406 e. The number of pyridine rings is 1. The molecule has 0 aliphatic rings. The summed E-state index contributed by atoms with van der Waals surface area (Å²) in [5.74, 6) is 0.891. The van der Waals surface area contributed by atoms with Crippen LogP contribution in [0.1, 0.15) is 5.56 Å². The first-order valence-corrected chi connectivity index (χ1v) is 7.78. The summed E-state index contributed by atoms with van der Waals surface area (Å²) < 4.78 is 40.2. The van der Waals surface area contributed by atoms with E-state index in [2.05, 4.69) is 24.9 Å². The molecule has 24 heavy (non-hydrogen) atoms. The molecule has 124 valence electrons. The molecule has 0 aliphatic heterocycles. The molecule has 3 aromatic rings. The molecule has 1 N–H and O–H groups in total. The van der Waals surface area contributed by atoms with E-state index < -0.39 is 6.36 Å². The zero-order valence-corrected chi connectivity index (χ0v) is 12.9. The minimum absolute atomic E-state index is 0.280. The lowest BCUT2D eigenvalue weighted by atomic mass is 10.2. The van der Waals surface area contributed by atoms with E-state index in [1.54, 1.807) is 12.4 Å². The predicted octanol–water partition coefficient (Wildman–Crippen LogP) is 4.06. The number of aromatic amines is 1. The maximum atomic E-state index is 12.1. The van der Waals surface area contributed by atoms with Crippen LogP contribution in [0.2, 0.25) is 0 Å². The van der Waals surface area contributed by atoms with Crippen molar-refractivity contribution in [3.05, 3.63) is 54.4 Å². The number of alkyl halides is 3. The summed E-state index contributed by atoms with van der Waals surface area (Å²) >= 11 is 1.45. The summed E-state index contributed by atoms with van der Waals surface area (Å²) in [4.78, 5) is 8.26. The van der Waals surface area contributed by atoms with Crippen LogP contribution in [0.3, 0.4) is 0 Å². The molecule has 3 rings (SSSR count). The van der Waals surface area contributed by atoms with Gasteiger partial charge in [-0.05, 0) is 42.0 Å². The van der Waals surface area contributed by atoms with Gasteiger partial charge < -0.3 is 4.74 Å². The number of rotatable bonds is 5. The van der Waals surface area contributed by atoms with Gasteiger partial charge in [0, 0.05) is 23.7 Å². The molecule has 0 aliphatic carbocycles. The number of nitrogens with zero attached hydrogens (tertiary/aromatic N) is 3. The first-order valence-electron chi connectivity index (χ1n) is 6.80. The molecule has 0 amide bonds. The van der Waals surface area contributed by atoms with Crippen LogP contribution in [0.15, 0.2) is 53.9 Å². The number of H-pyrrole nitrogens is 1. The highest BCUT2D eigenvalue weighted by molar-refractivity contribution is 7.98. The van der Waals surface area contributed by atoms with Gasteiger partial charge in [0.15, 0.2) is 5.82 Å². The fourth-order valence-electron chi connectivity index (χ4n) is 1.88. The molecule has 0 fully saturated rings. The highest BCUT2D eigenvalue weighted by Crippen LogP contribution is 2.26. The summed E-state index contributed by atoms with van der Waals surface area (Å²) in [6, 6.07) is 9.24. The average Bonchev–Trinajstić information content (AvgIpc) is 3.02. The molecular formula is C15H11F3N4OS. The van der Waals surface area contributed by atoms with Crippen molar-refractivity contribution in [2.75, 3.05) is 0 Å². The maximum Gasteiger partial charge on any atom is 0.573 e. The number of benzene rings is 1. The molecule has 0 unspecified atom stereocenters. The van der Waals surface area contributed by atoms with E-state index in [-0.39, 0.29) is 5.75 Å². The minimum Gasteiger partial charge on any atom is -0.406 e. The summed E-state index contributed by atoms with van der Waals surface area (Å²) in [6.07, 6.45) is -1.28. The van der Waals surface area contributed by atoms with E-state index in [9.17, 15) is 13.2 Å². The van der Waals surface area contributed by atoms with Crippen LogP contribution >= 0.6 is 11.8 Å². The van der Waals surface area contributed by atoms with Gasteiger partial charge in [-0.1, -0.05) is 11.8 Å². The van der Waals surface area contributed by atoms with E-state index >= 15 is 0 Å². The van der Waals surface area contributed by atoms with Crippen molar-refractivity contribution < 1.29 is 17.9 Å². The average molecular weight is 352 g/mol. The van der Waals surface area contributed by atoms with Crippen LogP contribution in [-0.2, 0) is 5.75 Å². The van der Waals surface area contributed by atoms with Gasteiger partial charge in [0.25, 0.3) is 0 Å². The normalized spacial score (nSPS) is 11.5. The van der Waals surface area contributed by atoms with E-state index in [0.717, 1.165) is 5.56 Å². The molecule has 5 nitrogen and oxygen atoms in total. The number of ether oxygens (including phenoxy) is 1. The van der Waals surface area contributed by atoms with Crippen LogP contribution in [0.5, 0.6) is 5.75 Å². The molecule has 2 heterocycles. The van der Waals surface area contributed by atoms with Crippen LogP contribution in [0, 0.1) is 0 Å². The highest BCUT2D eigenvalue weighted by atomic mass is 32.2. The standard InChI is InChI=1S/C15H11F3N4OS/c16-15(17,18)23-12-3-1-11(2-4-12)13-20-14(22-21-13)24-9-10-5-7-19-8-6-10/h1-8H,9H2,(H,20,21,22). The molecular weight excluding hydrogens is 341 g/mol. The third-order valence-electron chi connectivity index (χ3n) is 2.94. The van der Waals surface area contributed by atoms with Crippen LogP contribution in [-0.4, -0.2) is 26.5 Å². The van der Waals surface area contributed by atoms with Gasteiger partial charge in [-0.3, -0.25) is 10.1 Å². The Kier molecular flexibility index (Phi) is 4.70. The predicted molar refractivity (Wildman–Crippen MR) is 82.3 cm³/mol. The Labute approximate surface area is 139 Å². The van der Waals surface area contributed by atoms with Crippen molar-refractivity contribution in [1.29, 1.82) is 0 Å². The third kappa shape index (κ3) is 4.48. The maximum absolute atomic E-state index is 12.1. The molecule has 0 atom stereocenters. The monoisotopic (exact) mass is 352 g/mol. The number of halogens is 3. The Morgan fingerprint density at radius 2 is 1.75 bits per heavy atom. The Morgan fingerprint density at radius 1 is 1.04 bits per heavy atom.